The molecular weight excluding hydrogens is 296 g/mol. The highest BCUT2D eigenvalue weighted by Gasteiger charge is 2.58. The van der Waals surface area contributed by atoms with E-state index in [0.717, 1.165) is 32.1 Å². The lowest BCUT2D eigenvalue weighted by Crippen LogP contribution is -2.49. The first kappa shape index (κ1) is 16.9. The van der Waals surface area contributed by atoms with E-state index in [1.54, 1.807) is 0 Å². The Hall–Kier alpha value is -0.910. The number of fused-ring (bicyclic) bond motifs is 1. The van der Waals surface area contributed by atoms with Crippen molar-refractivity contribution in [1.29, 1.82) is 0 Å². The molecule has 1 N–H and O–H groups in total. The van der Waals surface area contributed by atoms with Crippen LogP contribution in [0.1, 0.15) is 52.4 Å². The number of aliphatic hydroxyl groups is 1. The number of ether oxygens (including phenoxy) is 3. The topological polar surface area (TPSA) is 65.0 Å². The smallest absolute Gasteiger partial charge is 0.302 e. The predicted molar refractivity (Wildman–Crippen MR) is 84.7 cm³/mol. The maximum absolute atomic E-state index is 11.2. The zero-order valence-electron chi connectivity index (χ0n) is 14.2. The van der Waals surface area contributed by atoms with Gasteiger partial charge in [0.2, 0.25) is 0 Å². The second-order valence-electron chi connectivity index (χ2n) is 7.43. The minimum atomic E-state index is -0.681. The van der Waals surface area contributed by atoms with Crippen molar-refractivity contribution in [3.8, 4) is 0 Å². The second-order valence-corrected chi connectivity index (χ2v) is 7.43. The highest BCUT2D eigenvalue weighted by molar-refractivity contribution is 5.65. The van der Waals surface area contributed by atoms with E-state index in [2.05, 4.69) is 13.0 Å². The van der Waals surface area contributed by atoms with E-state index in [-0.39, 0.29) is 23.6 Å². The molecule has 2 aliphatic carbocycles. The molecule has 2 saturated carbocycles. The normalized spacial score (nSPS) is 39.6. The van der Waals surface area contributed by atoms with Crippen LogP contribution in [-0.2, 0) is 19.0 Å². The minimum absolute atomic E-state index is 0.120. The summed E-state index contributed by atoms with van der Waals surface area (Å²) in [6, 6.07) is 0. The van der Waals surface area contributed by atoms with Crippen molar-refractivity contribution in [2.75, 3.05) is 19.8 Å². The quantitative estimate of drug-likeness (QED) is 0.636. The van der Waals surface area contributed by atoms with Crippen LogP contribution >= 0.6 is 0 Å². The summed E-state index contributed by atoms with van der Waals surface area (Å²) in [4.78, 5) is 11.1. The molecule has 1 aliphatic heterocycles. The minimum Gasteiger partial charge on any atom is -0.466 e. The van der Waals surface area contributed by atoms with E-state index in [1.807, 2.05) is 0 Å². The van der Waals surface area contributed by atoms with Gasteiger partial charge in [-0.25, -0.2) is 0 Å². The summed E-state index contributed by atoms with van der Waals surface area (Å²) in [6.07, 6.45) is 7.17. The van der Waals surface area contributed by atoms with Crippen LogP contribution in [0.5, 0.6) is 0 Å². The molecule has 3 aliphatic rings. The van der Waals surface area contributed by atoms with Crippen LogP contribution in [-0.4, -0.2) is 42.8 Å². The van der Waals surface area contributed by atoms with Crippen LogP contribution in [0.3, 0.4) is 0 Å². The van der Waals surface area contributed by atoms with Gasteiger partial charge in [-0.15, -0.1) is 0 Å². The molecule has 0 aromatic rings. The molecule has 3 atom stereocenters. The van der Waals surface area contributed by atoms with E-state index in [1.165, 1.54) is 12.5 Å². The summed E-state index contributed by atoms with van der Waals surface area (Å²) in [6.45, 7) is 5.38. The number of hydrogen-bond donors (Lipinski definition) is 1. The molecule has 0 aromatic carbocycles. The van der Waals surface area contributed by atoms with Gasteiger partial charge in [0.05, 0.1) is 25.4 Å². The number of rotatable bonds is 4. The predicted octanol–water partition coefficient (Wildman–Crippen LogP) is 2.57. The zero-order chi connectivity index (χ0) is 16.5. The molecule has 0 bridgehead atoms. The fourth-order valence-corrected chi connectivity index (χ4v) is 4.47. The van der Waals surface area contributed by atoms with Crippen molar-refractivity contribution >= 4 is 5.97 Å². The molecule has 3 fully saturated rings. The Bertz CT molecular complexity index is 482. The van der Waals surface area contributed by atoms with Gasteiger partial charge in [-0.3, -0.25) is 4.79 Å². The monoisotopic (exact) mass is 324 g/mol. The lowest BCUT2D eigenvalue weighted by atomic mass is 9.61. The van der Waals surface area contributed by atoms with Crippen molar-refractivity contribution in [2.45, 2.75) is 64.3 Å². The lowest BCUT2D eigenvalue weighted by Gasteiger charge is -2.47. The average molecular weight is 324 g/mol. The largest absolute Gasteiger partial charge is 0.466 e. The molecule has 1 heterocycles. The third kappa shape index (κ3) is 3.32. The highest BCUT2D eigenvalue weighted by atomic mass is 16.7. The van der Waals surface area contributed by atoms with Gasteiger partial charge < -0.3 is 19.3 Å². The van der Waals surface area contributed by atoms with E-state index < -0.39 is 5.60 Å². The Balaban J connectivity index is 1.63. The molecular formula is C18H28O5. The van der Waals surface area contributed by atoms with Gasteiger partial charge in [0.15, 0.2) is 6.29 Å². The first-order chi connectivity index (χ1) is 10.9. The first-order valence-electron chi connectivity index (χ1n) is 8.70. The van der Waals surface area contributed by atoms with Crippen molar-refractivity contribution in [3.63, 3.8) is 0 Å². The van der Waals surface area contributed by atoms with E-state index in [9.17, 15) is 9.90 Å². The molecule has 130 valence electrons. The highest BCUT2D eigenvalue weighted by Crippen LogP contribution is 2.59. The Morgan fingerprint density at radius 3 is 2.83 bits per heavy atom. The molecule has 1 saturated heterocycles. The van der Waals surface area contributed by atoms with Crippen LogP contribution in [0, 0.1) is 11.3 Å². The van der Waals surface area contributed by atoms with Gasteiger partial charge in [0.1, 0.15) is 0 Å². The standard InChI is InChI=1S/C18H28O5/c1-13(19)23-12-15-6-8-18(20)11-14(5-7-17(15,18)2)3-4-16-21-9-10-22-16/h3,15-16,20H,4-12H2,1-2H3/b14-3+/t15-,17-,18+/m1/s1. The van der Waals surface area contributed by atoms with Gasteiger partial charge in [-0.05, 0) is 32.1 Å². The van der Waals surface area contributed by atoms with Crippen molar-refractivity contribution < 1.29 is 24.1 Å². The van der Waals surface area contributed by atoms with E-state index >= 15 is 0 Å². The van der Waals surface area contributed by atoms with Crippen molar-refractivity contribution in [1.82, 2.24) is 0 Å². The van der Waals surface area contributed by atoms with Gasteiger partial charge in [-0.1, -0.05) is 18.6 Å². The number of carbonyl (C=O) groups is 1. The molecule has 0 aromatic heterocycles. The van der Waals surface area contributed by atoms with Crippen LogP contribution in [0.2, 0.25) is 0 Å². The van der Waals surface area contributed by atoms with Crippen LogP contribution in [0.25, 0.3) is 0 Å². The Labute approximate surface area is 138 Å². The van der Waals surface area contributed by atoms with Gasteiger partial charge >= 0.3 is 5.97 Å². The second kappa shape index (κ2) is 6.54. The van der Waals surface area contributed by atoms with Gasteiger partial charge in [-0.2, -0.15) is 0 Å². The summed E-state index contributed by atoms with van der Waals surface area (Å²) < 4.78 is 16.2. The maximum Gasteiger partial charge on any atom is 0.302 e. The SMILES string of the molecule is CC(=O)OC[C@H]1CC[C@]2(O)C/C(=C/CC3OCCO3)CC[C@]12C. The Morgan fingerprint density at radius 1 is 1.39 bits per heavy atom. The number of esters is 1. The molecule has 5 heteroatoms. The summed E-state index contributed by atoms with van der Waals surface area (Å²) in [5.41, 5.74) is 0.455. The number of carbonyl (C=O) groups excluding carboxylic acids is 1. The fraction of sp³-hybridized carbons (Fsp3) is 0.833. The Kier molecular flexibility index (Phi) is 4.81. The summed E-state index contributed by atoms with van der Waals surface area (Å²) in [5.74, 6) is 0.0106. The zero-order valence-corrected chi connectivity index (χ0v) is 14.2. The molecule has 0 amide bonds. The molecule has 3 rings (SSSR count). The summed E-state index contributed by atoms with van der Waals surface area (Å²) in [7, 11) is 0. The molecule has 0 radical (unpaired) electrons. The van der Waals surface area contributed by atoms with Crippen LogP contribution < -0.4 is 0 Å². The third-order valence-electron chi connectivity index (χ3n) is 6.13. The van der Waals surface area contributed by atoms with Crippen molar-refractivity contribution in [2.24, 2.45) is 11.3 Å². The van der Waals surface area contributed by atoms with E-state index in [0.29, 0.717) is 26.2 Å². The summed E-state index contributed by atoms with van der Waals surface area (Å²) >= 11 is 0. The maximum atomic E-state index is 11.2. The van der Waals surface area contributed by atoms with Crippen LogP contribution in [0.4, 0.5) is 0 Å². The molecule has 23 heavy (non-hydrogen) atoms. The van der Waals surface area contributed by atoms with Gasteiger partial charge in [0, 0.05) is 24.7 Å². The molecule has 0 spiro atoms. The van der Waals surface area contributed by atoms with Crippen LogP contribution in [0.15, 0.2) is 11.6 Å². The lowest BCUT2D eigenvalue weighted by molar-refractivity contribution is -0.146. The van der Waals surface area contributed by atoms with Crippen molar-refractivity contribution in [3.05, 3.63) is 11.6 Å². The fourth-order valence-electron chi connectivity index (χ4n) is 4.47. The summed E-state index contributed by atoms with van der Waals surface area (Å²) in [5, 5.41) is 11.2. The molecule has 0 unspecified atom stereocenters. The number of hydrogen-bond acceptors (Lipinski definition) is 5. The first-order valence-corrected chi connectivity index (χ1v) is 8.70. The van der Waals surface area contributed by atoms with E-state index in [4.69, 9.17) is 14.2 Å². The average Bonchev–Trinajstić information content (AvgIpc) is 3.09. The molecule has 5 nitrogen and oxygen atoms in total. The Morgan fingerprint density at radius 2 is 2.13 bits per heavy atom. The third-order valence-corrected chi connectivity index (χ3v) is 6.13. The van der Waals surface area contributed by atoms with Gasteiger partial charge in [0.25, 0.3) is 0 Å².